The minimum absolute atomic E-state index is 0.904. The molecule has 68 heavy (non-hydrogen) atoms. The Morgan fingerprint density at radius 1 is 0.368 bits per heavy atom. The second kappa shape index (κ2) is 16.5. The first kappa shape index (κ1) is 39.4. The van der Waals surface area contributed by atoms with Crippen LogP contribution in [0.25, 0.3) is 89.0 Å². The minimum atomic E-state index is 0.904. The molecule has 12 aromatic rings. The van der Waals surface area contributed by atoms with Crippen molar-refractivity contribution in [2.45, 2.75) is 12.8 Å². The van der Waals surface area contributed by atoms with Gasteiger partial charge in [-0.15, -0.1) is 0 Å². The zero-order valence-corrected chi connectivity index (χ0v) is 37.3. The number of allylic oxidation sites excluding steroid dienone is 4. The predicted molar refractivity (Wildman–Crippen MR) is 284 cm³/mol. The highest BCUT2D eigenvalue weighted by molar-refractivity contribution is 6.28. The molecule has 1 aliphatic rings. The molecule has 3 heterocycles. The first-order chi connectivity index (χ1) is 33.8. The standard InChI is InChI=1S/C63H45N5/c1-6-18-44(19-7-1)46-30-34-51(35-31-46)65(52-36-32-47(33-37-52)45-20-8-2-9-21-45)53-38-40-54(41-39-53)66-56-29-17-16-28-55(56)59-57(66)42-43-58-60(59)61-63(67(58)49-24-12-4-13-25-49)64-62(48-22-10-3-11-23-48)68(61)50-26-14-5-15-27-50/h1,3-8,10-43H,2,9H2. The van der Waals surface area contributed by atoms with Gasteiger partial charge < -0.3 is 9.47 Å². The molecule has 0 N–H and O–H groups in total. The molecule has 0 amide bonds. The molecule has 0 radical (unpaired) electrons. The zero-order chi connectivity index (χ0) is 45.0. The first-order valence-corrected chi connectivity index (χ1v) is 23.5. The Labute approximate surface area is 395 Å². The Bertz CT molecular complexity index is 3840. The number of hydrogen-bond acceptors (Lipinski definition) is 2. The smallest absolute Gasteiger partial charge is 0.165 e. The van der Waals surface area contributed by atoms with E-state index in [1.54, 1.807) is 0 Å². The Hall–Kier alpha value is -8.93. The summed E-state index contributed by atoms with van der Waals surface area (Å²) in [6, 6.07) is 82.9. The molecule has 1 aliphatic carbocycles. The molecule has 13 rings (SSSR count). The van der Waals surface area contributed by atoms with Gasteiger partial charge in [0, 0.05) is 55.8 Å². The third kappa shape index (κ3) is 6.58. The van der Waals surface area contributed by atoms with Crippen LogP contribution >= 0.6 is 0 Å². The van der Waals surface area contributed by atoms with Crippen molar-refractivity contribution >= 4 is 66.5 Å². The molecule has 0 atom stereocenters. The highest BCUT2D eigenvalue weighted by Gasteiger charge is 2.27. The van der Waals surface area contributed by atoms with Crippen LogP contribution in [0.5, 0.6) is 0 Å². The molecule has 0 spiro atoms. The van der Waals surface area contributed by atoms with E-state index in [2.05, 4.69) is 267 Å². The molecule has 0 saturated carbocycles. The molecule has 0 unspecified atom stereocenters. The van der Waals surface area contributed by atoms with Gasteiger partial charge in [0.25, 0.3) is 0 Å². The maximum absolute atomic E-state index is 5.56. The highest BCUT2D eigenvalue weighted by atomic mass is 15.2. The van der Waals surface area contributed by atoms with Crippen molar-refractivity contribution < 1.29 is 0 Å². The van der Waals surface area contributed by atoms with Gasteiger partial charge in [0.1, 0.15) is 11.3 Å². The van der Waals surface area contributed by atoms with Crippen LogP contribution in [0.4, 0.5) is 17.1 Å². The Balaban J connectivity index is 1.01. The number of para-hydroxylation sites is 3. The lowest BCUT2D eigenvalue weighted by Gasteiger charge is -2.26. The molecule has 0 fully saturated rings. The first-order valence-electron chi connectivity index (χ1n) is 23.5. The second-order valence-corrected chi connectivity index (χ2v) is 17.5. The molecular weight excluding hydrogens is 827 g/mol. The highest BCUT2D eigenvalue weighted by Crippen LogP contribution is 2.45. The van der Waals surface area contributed by atoms with Crippen LogP contribution in [-0.4, -0.2) is 18.7 Å². The third-order valence-corrected chi connectivity index (χ3v) is 13.5. The van der Waals surface area contributed by atoms with Crippen molar-refractivity contribution in [2.75, 3.05) is 4.90 Å². The number of nitrogens with zero attached hydrogens (tertiary/aromatic N) is 5. The van der Waals surface area contributed by atoms with E-state index >= 15 is 0 Å². The van der Waals surface area contributed by atoms with E-state index < -0.39 is 0 Å². The van der Waals surface area contributed by atoms with E-state index in [1.165, 1.54) is 38.4 Å². The third-order valence-electron chi connectivity index (χ3n) is 13.5. The lowest BCUT2D eigenvalue weighted by molar-refractivity contribution is 1.04. The van der Waals surface area contributed by atoms with Crippen molar-refractivity contribution in [3.05, 3.63) is 254 Å². The average molecular weight is 872 g/mol. The number of fused-ring (bicyclic) bond motifs is 7. The van der Waals surface area contributed by atoms with E-state index in [1.807, 2.05) is 0 Å². The van der Waals surface area contributed by atoms with Gasteiger partial charge in [-0.3, -0.25) is 9.13 Å². The van der Waals surface area contributed by atoms with Crippen molar-refractivity contribution in [3.8, 4) is 39.6 Å². The summed E-state index contributed by atoms with van der Waals surface area (Å²) in [4.78, 5) is 7.92. The van der Waals surface area contributed by atoms with Gasteiger partial charge in [0.05, 0.1) is 16.6 Å². The van der Waals surface area contributed by atoms with Crippen LogP contribution in [-0.2, 0) is 0 Å². The SMILES string of the molecule is C1=CC(c2ccc(N(c3ccc(-c4ccccc4)cc3)c3ccc(-n4c5ccccc5c5c6c7c(nc(-c8ccccc8)n7-c7ccccc7)n(-c7ccccc7)c6ccc54)cc3)cc2)=CCC1. The molecule has 322 valence electrons. The number of aromatic nitrogens is 4. The lowest BCUT2D eigenvalue weighted by atomic mass is 9.99. The van der Waals surface area contributed by atoms with Gasteiger partial charge >= 0.3 is 0 Å². The van der Waals surface area contributed by atoms with Gasteiger partial charge in [0.2, 0.25) is 0 Å². The summed E-state index contributed by atoms with van der Waals surface area (Å²) < 4.78 is 7.14. The van der Waals surface area contributed by atoms with E-state index in [0.717, 1.165) is 86.1 Å². The molecular formula is C63H45N5. The van der Waals surface area contributed by atoms with Crippen LogP contribution in [0.1, 0.15) is 18.4 Å². The van der Waals surface area contributed by atoms with Crippen LogP contribution in [0, 0.1) is 0 Å². The maximum Gasteiger partial charge on any atom is 0.165 e. The van der Waals surface area contributed by atoms with Gasteiger partial charge in [-0.25, -0.2) is 4.98 Å². The summed E-state index contributed by atoms with van der Waals surface area (Å²) in [6.45, 7) is 0. The van der Waals surface area contributed by atoms with Gasteiger partial charge in [-0.2, -0.15) is 0 Å². The summed E-state index contributed by atoms with van der Waals surface area (Å²) in [5.41, 5.74) is 17.9. The normalized spacial score (nSPS) is 12.6. The molecule has 5 heteroatoms. The summed E-state index contributed by atoms with van der Waals surface area (Å²) >= 11 is 0. The number of imidazole rings is 1. The average Bonchev–Trinajstić information content (AvgIpc) is 4.08. The summed E-state index contributed by atoms with van der Waals surface area (Å²) in [6.07, 6.45) is 9.04. The Morgan fingerprint density at radius 2 is 0.868 bits per heavy atom. The molecule has 9 aromatic carbocycles. The second-order valence-electron chi connectivity index (χ2n) is 17.5. The van der Waals surface area contributed by atoms with Crippen molar-refractivity contribution in [1.29, 1.82) is 0 Å². The lowest BCUT2D eigenvalue weighted by Crippen LogP contribution is -2.10. The Morgan fingerprint density at radius 3 is 1.49 bits per heavy atom. The van der Waals surface area contributed by atoms with Gasteiger partial charge in [-0.05, 0) is 126 Å². The fourth-order valence-electron chi connectivity index (χ4n) is 10.4. The van der Waals surface area contributed by atoms with Gasteiger partial charge in [-0.1, -0.05) is 158 Å². The minimum Gasteiger partial charge on any atom is -0.311 e. The van der Waals surface area contributed by atoms with E-state index in [4.69, 9.17) is 4.98 Å². The largest absolute Gasteiger partial charge is 0.311 e. The van der Waals surface area contributed by atoms with E-state index in [9.17, 15) is 0 Å². The molecule has 0 aliphatic heterocycles. The van der Waals surface area contributed by atoms with Gasteiger partial charge in [0.15, 0.2) is 5.65 Å². The summed E-state index contributed by atoms with van der Waals surface area (Å²) in [5.74, 6) is 0.904. The van der Waals surface area contributed by atoms with Crippen molar-refractivity contribution in [3.63, 3.8) is 0 Å². The number of anilines is 3. The van der Waals surface area contributed by atoms with Crippen molar-refractivity contribution in [1.82, 2.24) is 18.7 Å². The van der Waals surface area contributed by atoms with Crippen LogP contribution < -0.4 is 4.90 Å². The van der Waals surface area contributed by atoms with E-state index in [0.29, 0.717) is 0 Å². The molecule has 3 aromatic heterocycles. The van der Waals surface area contributed by atoms with Crippen molar-refractivity contribution in [2.24, 2.45) is 0 Å². The number of rotatable bonds is 9. The molecule has 5 nitrogen and oxygen atoms in total. The fraction of sp³-hybridized carbons (Fsp3) is 0.0317. The topological polar surface area (TPSA) is 30.9 Å². The maximum atomic E-state index is 5.56. The Kier molecular flexibility index (Phi) is 9.57. The van der Waals surface area contributed by atoms with Crippen LogP contribution in [0.3, 0.4) is 0 Å². The summed E-state index contributed by atoms with van der Waals surface area (Å²) in [7, 11) is 0. The monoisotopic (exact) mass is 871 g/mol. The number of hydrogen-bond donors (Lipinski definition) is 0. The van der Waals surface area contributed by atoms with E-state index in [-0.39, 0.29) is 0 Å². The molecule has 0 saturated heterocycles. The number of benzene rings is 9. The van der Waals surface area contributed by atoms with Crippen LogP contribution in [0.15, 0.2) is 249 Å². The zero-order valence-electron chi connectivity index (χ0n) is 37.3. The fourth-order valence-corrected chi connectivity index (χ4v) is 10.4. The summed E-state index contributed by atoms with van der Waals surface area (Å²) in [5, 5.41) is 3.55. The predicted octanol–water partition coefficient (Wildman–Crippen LogP) is 16.6. The quantitative estimate of drug-likeness (QED) is 0.145. The van der Waals surface area contributed by atoms with Crippen LogP contribution in [0.2, 0.25) is 0 Å². The molecule has 0 bridgehead atoms.